The molecule has 0 N–H and O–H groups in total. The third-order valence-corrected chi connectivity index (χ3v) is 13.9. The van der Waals surface area contributed by atoms with Gasteiger partial charge in [-0.3, -0.25) is 4.79 Å². The minimum absolute atomic E-state index is 0.0503. The average Bonchev–Trinajstić information content (AvgIpc) is 1.58. The first kappa shape index (κ1) is 80.7. The molecule has 2 aliphatic heterocycles. The molecular weight excluding hydrogens is 1260 g/mol. The summed E-state index contributed by atoms with van der Waals surface area (Å²) in [6.45, 7) is 25.5. The fraction of sp³-hybridized carbons (Fsp3) is 0.247. The van der Waals surface area contributed by atoms with Gasteiger partial charge in [-0.05, 0) is 163 Å². The van der Waals surface area contributed by atoms with E-state index in [1.807, 2.05) is 234 Å². The lowest BCUT2D eigenvalue weighted by Gasteiger charge is -2.14. The zero-order valence-electron chi connectivity index (χ0n) is 57.4. The molecule has 26 heteroatoms. The molecule has 9 aromatic carbocycles. The predicted octanol–water partition coefficient (Wildman–Crippen LogP) is 26.9. The molecule has 0 saturated heterocycles. The topological polar surface area (TPSA) is 359 Å². The summed E-state index contributed by atoms with van der Waals surface area (Å²) in [6.07, 6.45) is -2.13. The van der Waals surface area contributed by atoms with Gasteiger partial charge in [-0.2, -0.15) is 23.4 Å². The number of nitrogens with zero attached hydrogens (tertiary/aromatic N) is 22. The van der Waals surface area contributed by atoms with E-state index in [2.05, 4.69) is 94.5 Å². The Morgan fingerprint density at radius 1 is 0.384 bits per heavy atom. The second kappa shape index (κ2) is 42.0. The number of rotatable bonds is 11. The van der Waals surface area contributed by atoms with E-state index >= 15 is 0 Å². The van der Waals surface area contributed by atoms with Gasteiger partial charge in [0.2, 0.25) is 0 Å². The van der Waals surface area contributed by atoms with Crippen LogP contribution in [-0.2, 0) is 5.66 Å². The third kappa shape index (κ3) is 29.8. The summed E-state index contributed by atoms with van der Waals surface area (Å²) in [5, 5.41) is 34.9. The van der Waals surface area contributed by atoms with E-state index in [4.69, 9.17) is 33.2 Å². The molecule has 0 spiro atoms. The van der Waals surface area contributed by atoms with Crippen LogP contribution in [0.4, 0.5) is 47.3 Å². The van der Waals surface area contributed by atoms with E-state index in [0.29, 0.717) is 28.4 Å². The SMILES string of the molecule is CCCC1(C)N=N1.Cc1ccc(C(=O)c2ccccc2)cc1.Cc1ccc(C)c(N=[N+]=[N-])c1.Cc1ccc(C2(C(F)(F)F)N=N2)cc1.Cc1ccc(N=[N+]=[N-])c(C)c1.Cc1ccc(N=[N+]=[N-])cc1.Cc1cccc(C)c1N=[N+]=[N-].Cc1cccc(N=[N+]=[N-])c1.Cc1ccccc1N=[N+]=[N-]. The maximum Gasteiger partial charge on any atom is 0.442 e. The summed E-state index contributed by atoms with van der Waals surface area (Å²) in [6, 6.07) is 62.6. The molecule has 9 aromatic rings. The molecule has 0 bridgehead atoms. The lowest BCUT2D eigenvalue weighted by Crippen LogP contribution is -2.29. The predicted molar refractivity (Wildman–Crippen MR) is 387 cm³/mol. The van der Waals surface area contributed by atoms with E-state index in [1.165, 1.54) is 29.7 Å². The van der Waals surface area contributed by atoms with Crippen molar-refractivity contribution in [1.29, 1.82) is 0 Å². The molecule has 2 aliphatic rings. The minimum Gasteiger partial charge on any atom is -0.289 e. The van der Waals surface area contributed by atoms with Gasteiger partial charge >= 0.3 is 11.8 Å². The zero-order valence-corrected chi connectivity index (χ0v) is 57.4. The van der Waals surface area contributed by atoms with Crippen molar-refractivity contribution in [3.8, 4) is 0 Å². The Bertz CT molecular complexity index is 4430. The van der Waals surface area contributed by atoms with Crippen LogP contribution in [0, 0.1) is 76.2 Å². The molecule has 0 amide bonds. The normalized spacial score (nSPS) is 11.2. The Kier molecular flexibility index (Phi) is 34.3. The van der Waals surface area contributed by atoms with Crippen LogP contribution in [0.5, 0.6) is 0 Å². The fourth-order valence-electron chi connectivity index (χ4n) is 8.33. The first-order valence-corrected chi connectivity index (χ1v) is 30.6. The summed E-state index contributed by atoms with van der Waals surface area (Å²) in [4.78, 5) is 28.2. The van der Waals surface area contributed by atoms with Crippen LogP contribution in [0.25, 0.3) is 62.7 Å². The Morgan fingerprint density at radius 2 is 0.798 bits per heavy atom. The quantitative estimate of drug-likeness (QED) is 0.0518. The second-order valence-corrected chi connectivity index (χ2v) is 22.4. The summed E-state index contributed by atoms with van der Waals surface area (Å²) >= 11 is 0. The monoisotopic (exact) mass is 1330 g/mol. The van der Waals surface area contributed by atoms with Crippen molar-refractivity contribution in [2.24, 2.45) is 51.1 Å². The first-order chi connectivity index (χ1) is 47.2. The Morgan fingerprint density at radius 3 is 1.27 bits per heavy atom. The third-order valence-electron chi connectivity index (χ3n) is 13.9. The van der Waals surface area contributed by atoms with E-state index in [9.17, 15) is 18.0 Å². The molecule has 0 radical (unpaired) electrons. The summed E-state index contributed by atoms with van der Waals surface area (Å²) < 4.78 is 37.5. The van der Waals surface area contributed by atoms with Gasteiger partial charge in [0.1, 0.15) is 0 Å². The minimum atomic E-state index is -4.43. The van der Waals surface area contributed by atoms with Crippen molar-refractivity contribution in [2.75, 3.05) is 0 Å². The largest absolute Gasteiger partial charge is 0.442 e. The van der Waals surface area contributed by atoms with E-state index in [0.717, 1.165) is 73.3 Å². The van der Waals surface area contributed by atoms with Crippen LogP contribution in [0.3, 0.4) is 0 Å². The maximum absolute atomic E-state index is 12.5. The highest BCUT2D eigenvalue weighted by molar-refractivity contribution is 6.08. The highest BCUT2D eigenvalue weighted by atomic mass is 19.4. The molecule has 506 valence electrons. The van der Waals surface area contributed by atoms with Crippen LogP contribution in [0.2, 0.25) is 0 Å². The van der Waals surface area contributed by atoms with Gasteiger partial charge in [0.05, 0.1) is 0 Å². The van der Waals surface area contributed by atoms with Gasteiger partial charge in [-0.15, -0.1) is 10.2 Å². The van der Waals surface area contributed by atoms with Crippen molar-refractivity contribution in [1.82, 2.24) is 0 Å². The number of benzene rings is 9. The molecule has 0 aliphatic carbocycles. The number of alkyl halides is 3. The van der Waals surface area contributed by atoms with Gasteiger partial charge in [0, 0.05) is 80.3 Å². The number of ketones is 1. The molecular formula is C73H77F3N22O. The number of carbonyl (C=O) groups excluding carboxylic acids is 1. The molecule has 11 rings (SSSR count). The lowest BCUT2D eigenvalue weighted by atomic mass is 10.0. The van der Waals surface area contributed by atoms with Crippen molar-refractivity contribution >= 4 is 39.9 Å². The van der Waals surface area contributed by atoms with Crippen LogP contribution < -0.4 is 0 Å². The van der Waals surface area contributed by atoms with Crippen LogP contribution >= 0.6 is 0 Å². The fourth-order valence-corrected chi connectivity index (χ4v) is 8.33. The summed E-state index contributed by atoms with van der Waals surface area (Å²) in [5.41, 5.74) is 64.0. The summed E-state index contributed by atoms with van der Waals surface area (Å²) in [5.74, 6) is 0.0793. The molecule has 0 aromatic heterocycles. The van der Waals surface area contributed by atoms with Gasteiger partial charge < -0.3 is 0 Å². The van der Waals surface area contributed by atoms with Crippen LogP contribution in [0.15, 0.2) is 257 Å². The molecule has 23 nitrogen and oxygen atoms in total. The second-order valence-electron chi connectivity index (χ2n) is 22.4. The Balaban J connectivity index is 0.000000292. The van der Waals surface area contributed by atoms with Crippen LogP contribution in [0.1, 0.15) is 109 Å². The molecule has 99 heavy (non-hydrogen) atoms. The van der Waals surface area contributed by atoms with E-state index in [1.54, 1.807) is 36.4 Å². The number of halogens is 3. The van der Waals surface area contributed by atoms with Crippen molar-refractivity contribution in [3.05, 3.63) is 347 Å². The van der Waals surface area contributed by atoms with Gasteiger partial charge in [0.15, 0.2) is 11.4 Å². The van der Waals surface area contributed by atoms with E-state index < -0.39 is 11.8 Å². The number of aryl methyl sites for hydroxylation is 11. The molecule has 2 heterocycles. The maximum atomic E-state index is 12.5. The van der Waals surface area contributed by atoms with Gasteiger partial charge in [-0.25, -0.2) is 0 Å². The average molecular weight is 1340 g/mol. The number of hydrogen-bond donors (Lipinski definition) is 0. The van der Waals surface area contributed by atoms with Crippen molar-refractivity contribution < 1.29 is 18.0 Å². The zero-order chi connectivity index (χ0) is 73.4. The number of azide groups is 6. The van der Waals surface area contributed by atoms with Crippen LogP contribution in [-0.4, -0.2) is 17.6 Å². The standard InChI is InChI=1S/C14H12O.C9H7F3N2.3C8H9N3.3C7H7N3.C5H10N2/c1-11-7-9-13(10-8-11)14(15)12-5-3-2-4-6-12;1-6-2-4-7(5-3-6)8(13-14-8)9(10,11)12;1-6-3-4-8(10-11-9)7(2)5-6;1-6-3-4-7(2)8(5-6)10-11-9;1-6-4-3-5-7(2)8(6)10-11-9;1-6-2-4-7(5-3-6)9-10-8;1-6-3-2-4-7(5-6)9-10-8;1-6-4-2-3-5-7(6)9-10-8;1-3-4-5(2)6-7-5/h2-10H,1H3;2-5H,1H3;3*3-5H,1-2H3;3*2-5H,1H3;3-4H2,1-2H3. The lowest BCUT2D eigenvalue weighted by molar-refractivity contribution is -0.166. The first-order valence-electron chi connectivity index (χ1n) is 30.6. The molecule has 0 unspecified atom stereocenters. The molecule has 0 saturated carbocycles. The molecule has 0 fully saturated rings. The van der Waals surface area contributed by atoms with Gasteiger partial charge in [0.25, 0.3) is 0 Å². The number of hydrogen-bond acceptors (Lipinski definition) is 11. The van der Waals surface area contributed by atoms with Crippen molar-refractivity contribution in [2.45, 2.75) is 120 Å². The van der Waals surface area contributed by atoms with E-state index in [-0.39, 0.29) is 17.0 Å². The highest BCUT2D eigenvalue weighted by Gasteiger charge is 2.65. The Labute approximate surface area is 573 Å². The van der Waals surface area contributed by atoms with Gasteiger partial charge in [-0.1, -0.05) is 272 Å². The number of carbonyl (C=O) groups is 1. The Hall–Kier alpha value is -12.5. The smallest absolute Gasteiger partial charge is 0.289 e. The molecule has 0 atom stereocenters. The summed E-state index contributed by atoms with van der Waals surface area (Å²) in [7, 11) is 0. The highest BCUT2D eigenvalue weighted by Crippen LogP contribution is 2.52. The van der Waals surface area contributed by atoms with Crippen molar-refractivity contribution in [3.63, 3.8) is 0 Å².